The predicted molar refractivity (Wildman–Crippen MR) is 42.5 cm³/mol. The SMILES string of the molecule is CCCC1=NOCC(C)C1=O. The summed E-state index contributed by atoms with van der Waals surface area (Å²) in [7, 11) is 0. The second-order valence-electron chi connectivity index (χ2n) is 2.85. The predicted octanol–water partition coefficient (Wildman–Crippen LogP) is 1.38. The molecule has 0 aliphatic carbocycles. The van der Waals surface area contributed by atoms with Crippen molar-refractivity contribution in [3.05, 3.63) is 0 Å². The van der Waals surface area contributed by atoms with Crippen LogP contribution in [-0.4, -0.2) is 18.1 Å². The molecule has 0 fully saturated rings. The van der Waals surface area contributed by atoms with Crippen LogP contribution in [0.2, 0.25) is 0 Å². The van der Waals surface area contributed by atoms with E-state index < -0.39 is 0 Å². The lowest BCUT2D eigenvalue weighted by Crippen LogP contribution is -2.29. The minimum Gasteiger partial charge on any atom is -0.395 e. The van der Waals surface area contributed by atoms with Crippen molar-refractivity contribution < 1.29 is 9.63 Å². The van der Waals surface area contributed by atoms with Crippen molar-refractivity contribution in [2.45, 2.75) is 26.7 Å². The van der Waals surface area contributed by atoms with Crippen LogP contribution in [0, 0.1) is 5.92 Å². The number of carbonyl (C=O) groups excluding carboxylic acids is 1. The van der Waals surface area contributed by atoms with E-state index in [1.165, 1.54) is 0 Å². The zero-order chi connectivity index (χ0) is 8.27. The van der Waals surface area contributed by atoms with Crippen LogP contribution in [-0.2, 0) is 9.63 Å². The number of rotatable bonds is 2. The van der Waals surface area contributed by atoms with Crippen LogP contribution >= 0.6 is 0 Å². The molecule has 0 aromatic rings. The molecule has 3 heteroatoms. The molecule has 0 radical (unpaired) electrons. The van der Waals surface area contributed by atoms with Crippen molar-refractivity contribution in [2.24, 2.45) is 11.1 Å². The van der Waals surface area contributed by atoms with E-state index in [2.05, 4.69) is 5.16 Å². The molecule has 1 atom stereocenters. The molecule has 62 valence electrons. The minimum atomic E-state index is -0.00551. The third kappa shape index (κ3) is 1.79. The van der Waals surface area contributed by atoms with Crippen molar-refractivity contribution in [1.82, 2.24) is 0 Å². The highest BCUT2D eigenvalue weighted by molar-refractivity contribution is 6.40. The molecule has 0 N–H and O–H groups in total. The van der Waals surface area contributed by atoms with Crippen LogP contribution in [0.1, 0.15) is 26.7 Å². The van der Waals surface area contributed by atoms with Crippen molar-refractivity contribution in [1.29, 1.82) is 0 Å². The van der Waals surface area contributed by atoms with Gasteiger partial charge in [0.15, 0.2) is 5.78 Å². The maximum Gasteiger partial charge on any atom is 0.186 e. The lowest BCUT2D eigenvalue weighted by Gasteiger charge is -2.15. The molecule has 1 heterocycles. The first-order valence-corrected chi connectivity index (χ1v) is 3.98. The van der Waals surface area contributed by atoms with Gasteiger partial charge in [0.25, 0.3) is 0 Å². The van der Waals surface area contributed by atoms with Crippen LogP contribution in [0.25, 0.3) is 0 Å². The van der Waals surface area contributed by atoms with Crippen molar-refractivity contribution in [3.63, 3.8) is 0 Å². The topological polar surface area (TPSA) is 38.7 Å². The number of ketones is 1. The Morgan fingerprint density at radius 3 is 3.09 bits per heavy atom. The summed E-state index contributed by atoms with van der Waals surface area (Å²) in [5.41, 5.74) is 0.603. The summed E-state index contributed by atoms with van der Waals surface area (Å²) in [4.78, 5) is 16.2. The maximum atomic E-state index is 11.3. The highest BCUT2D eigenvalue weighted by atomic mass is 16.6. The van der Waals surface area contributed by atoms with E-state index in [1.54, 1.807) is 0 Å². The molecule has 1 aliphatic heterocycles. The molecule has 0 saturated carbocycles. The van der Waals surface area contributed by atoms with Gasteiger partial charge in [-0.15, -0.1) is 0 Å². The van der Waals surface area contributed by atoms with Gasteiger partial charge in [-0.3, -0.25) is 4.79 Å². The summed E-state index contributed by atoms with van der Waals surface area (Å²) in [6.45, 7) is 4.33. The van der Waals surface area contributed by atoms with Crippen LogP contribution in [0.15, 0.2) is 5.16 Å². The molecule has 11 heavy (non-hydrogen) atoms. The summed E-state index contributed by atoms with van der Waals surface area (Å²) in [6, 6.07) is 0. The number of oxime groups is 1. The summed E-state index contributed by atoms with van der Waals surface area (Å²) in [5, 5.41) is 3.72. The smallest absolute Gasteiger partial charge is 0.186 e. The van der Waals surface area contributed by atoms with Crippen molar-refractivity contribution >= 4 is 11.5 Å². The van der Waals surface area contributed by atoms with Gasteiger partial charge in [0, 0.05) is 0 Å². The first-order chi connectivity index (χ1) is 5.25. The van der Waals surface area contributed by atoms with Crippen LogP contribution < -0.4 is 0 Å². The summed E-state index contributed by atoms with van der Waals surface area (Å²) >= 11 is 0. The van der Waals surface area contributed by atoms with E-state index in [1.807, 2.05) is 13.8 Å². The molecule has 0 amide bonds. The van der Waals surface area contributed by atoms with E-state index in [-0.39, 0.29) is 11.7 Å². The fourth-order valence-electron chi connectivity index (χ4n) is 1.04. The van der Waals surface area contributed by atoms with Gasteiger partial charge in [-0.25, -0.2) is 0 Å². The molecule has 1 unspecified atom stereocenters. The number of nitrogens with zero attached hydrogens (tertiary/aromatic N) is 1. The molecule has 0 bridgehead atoms. The summed E-state index contributed by atoms with van der Waals surface area (Å²) in [6.07, 6.45) is 1.68. The van der Waals surface area contributed by atoms with Gasteiger partial charge in [-0.2, -0.15) is 0 Å². The zero-order valence-corrected chi connectivity index (χ0v) is 6.96. The number of hydrogen-bond acceptors (Lipinski definition) is 3. The summed E-state index contributed by atoms with van der Waals surface area (Å²) < 4.78 is 0. The second kappa shape index (κ2) is 3.51. The van der Waals surface area contributed by atoms with Gasteiger partial charge in [0.2, 0.25) is 0 Å². The molecular weight excluding hydrogens is 142 g/mol. The molecular formula is C8H13NO2. The van der Waals surface area contributed by atoms with Crippen LogP contribution in [0.4, 0.5) is 0 Å². The van der Waals surface area contributed by atoms with E-state index in [9.17, 15) is 4.79 Å². The standard InChI is InChI=1S/C8H13NO2/c1-3-4-7-8(10)6(2)5-11-9-7/h6H,3-5H2,1-2H3. The lowest BCUT2D eigenvalue weighted by molar-refractivity contribution is -0.119. The Bertz CT molecular complexity index is 187. The Kier molecular flexibility index (Phi) is 2.63. The normalized spacial score (nSPS) is 24.4. The van der Waals surface area contributed by atoms with E-state index >= 15 is 0 Å². The average Bonchev–Trinajstić information content (AvgIpc) is 1.99. The zero-order valence-electron chi connectivity index (χ0n) is 6.96. The molecule has 3 nitrogen and oxygen atoms in total. The third-order valence-electron chi connectivity index (χ3n) is 1.72. The summed E-state index contributed by atoms with van der Waals surface area (Å²) in [5.74, 6) is 0.146. The van der Waals surface area contributed by atoms with Gasteiger partial charge in [0.05, 0.1) is 5.92 Å². The number of Topliss-reactive ketones (excluding diaryl/α,β-unsaturated/α-hetero) is 1. The highest BCUT2D eigenvalue weighted by Crippen LogP contribution is 2.09. The Hall–Kier alpha value is -0.860. The van der Waals surface area contributed by atoms with Crippen LogP contribution in [0.5, 0.6) is 0 Å². The molecule has 1 rings (SSSR count). The minimum absolute atomic E-state index is 0.00551. The van der Waals surface area contributed by atoms with Crippen molar-refractivity contribution in [2.75, 3.05) is 6.61 Å². The Labute approximate surface area is 66.4 Å². The van der Waals surface area contributed by atoms with E-state index in [0.717, 1.165) is 12.8 Å². The second-order valence-corrected chi connectivity index (χ2v) is 2.85. The fourth-order valence-corrected chi connectivity index (χ4v) is 1.04. The first-order valence-electron chi connectivity index (χ1n) is 3.98. The van der Waals surface area contributed by atoms with Gasteiger partial charge >= 0.3 is 0 Å². The van der Waals surface area contributed by atoms with Gasteiger partial charge in [-0.1, -0.05) is 25.4 Å². The Morgan fingerprint density at radius 2 is 2.45 bits per heavy atom. The fraction of sp³-hybridized carbons (Fsp3) is 0.750. The van der Waals surface area contributed by atoms with E-state index in [0.29, 0.717) is 12.3 Å². The molecule has 0 aromatic carbocycles. The van der Waals surface area contributed by atoms with Crippen molar-refractivity contribution in [3.8, 4) is 0 Å². The quantitative estimate of drug-likeness (QED) is 0.604. The van der Waals surface area contributed by atoms with Gasteiger partial charge < -0.3 is 4.84 Å². The monoisotopic (exact) mass is 155 g/mol. The maximum absolute atomic E-state index is 11.3. The molecule has 1 aliphatic rings. The number of carbonyl (C=O) groups is 1. The van der Waals surface area contributed by atoms with Crippen LogP contribution in [0.3, 0.4) is 0 Å². The van der Waals surface area contributed by atoms with Gasteiger partial charge in [0.1, 0.15) is 12.3 Å². The Balaban J connectivity index is 2.62. The largest absolute Gasteiger partial charge is 0.395 e. The third-order valence-corrected chi connectivity index (χ3v) is 1.72. The molecule has 0 saturated heterocycles. The first kappa shape index (κ1) is 8.24. The Morgan fingerprint density at radius 1 is 1.73 bits per heavy atom. The highest BCUT2D eigenvalue weighted by Gasteiger charge is 2.23. The average molecular weight is 155 g/mol. The van der Waals surface area contributed by atoms with Gasteiger partial charge in [-0.05, 0) is 6.42 Å². The number of hydrogen-bond donors (Lipinski definition) is 0. The molecule has 0 aromatic heterocycles. The molecule has 0 spiro atoms. The van der Waals surface area contributed by atoms with E-state index in [4.69, 9.17) is 4.84 Å². The lowest BCUT2D eigenvalue weighted by atomic mass is 10.00.